The zero-order valence-electron chi connectivity index (χ0n) is 12.3. The van der Waals surface area contributed by atoms with Crippen LogP contribution in [0.3, 0.4) is 0 Å². The van der Waals surface area contributed by atoms with E-state index >= 15 is 0 Å². The summed E-state index contributed by atoms with van der Waals surface area (Å²) in [5.74, 6) is -0.785. The average molecular weight is 351 g/mol. The Bertz CT molecular complexity index is 792. The smallest absolute Gasteiger partial charge is 0.309 e. The Morgan fingerprint density at radius 1 is 1.35 bits per heavy atom. The van der Waals surface area contributed by atoms with E-state index in [4.69, 9.17) is 16.3 Å². The molecule has 0 N–H and O–H groups in total. The van der Waals surface area contributed by atoms with Gasteiger partial charge in [-0.05, 0) is 24.5 Å². The topological polar surface area (TPSA) is 60.7 Å². The van der Waals surface area contributed by atoms with Crippen molar-refractivity contribution in [2.24, 2.45) is 10.9 Å². The third-order valence-electron chi connectivity index (χ3n) is 3.43. The molecule has 1 aromatic heterocycles. The zero-order chi connectivity index (χ0) is 16.2. The van der Waals surface area contributed by atoms with Crippen LogP contribution in [0.25, 0.3) is 0 Å². The van der Waals surface area contributed by atoms with Gasteiger partial charge in [0.25, 0.3) is 5.91 Å². The number of carbonyl (C=O) groups excluding carboxylic acids is 2. The molecule has 2 aromatic rings. The van der Waals surface area contributed by atoms with Gasteiger partial charge in [0.2, 0.25) is 0 Å². The number of esters is 1. The summed E-state index contributed by atoms with van der Waals surface area (Å²) in [5, 5.41) is 2.51. The van der Waals surface area contributed by atoms with Crippen LogP contribution in [-0.2, 0) is 20.9 Å². The van der Waals surface area contributed by atoms with Crippen LogP contribution in [0.5, 0.6) is 0 Å². The second-order valence-electron chi connectivity index (χ2n) is 5.29. The van der Waals surface area contributed by atoms with Gasteiger partial charge in [-0.1, -0.05) is 29.8 Å². The molecule has 5 nitrogen and oxygen atoms in total. The Morgan fingerprint density at radius 3 is 2.87 bits per heavy atom. The molecular formula is C16H15ClN2O3S. The number of carbonyl (C=O) groups is 2. The van der Waals surface area contributed by atoms with Crippen molar-refractivity contribution in [3.05, 3.63) is 51.2 Å². The van der Waals surface area contributed by atoms with Gasteiger partial charge in [0.1, 0.15) is 0 Å². The average Bonchev–Trinajstić information content (AvgIpc) is 3.30. The number of nitrogens with zero attached hydrogens (tertiary/aromatic N) is 2. The minimum absolute atomic E-state index is 0.0188. The second-order valence-corrected chi connectivity index (χ2v) is 6.57. The molecule has 1 amide bonds. The minimum atomic E-state index is -0.464. The summed E-state index contributed by atoms with van der Waals surface area (Å²) >= 11 is 7.50. The minimum Gasteiger partial charge on any atom is -0.455 e. The molecule has 0 spiro atoms. The van der Waals surface area contributed by atoms with E-state index in [1.54, 1.807) is 0 Å². The van der Waals surface area contributed by atoms with E-state index in [-0.39, 0.29) is 18.5 Å². The predicted molar refractivity (Wildman–Crippen MR) is 87.1 cm³/mol. The number of hydrogen-bond acceptors (Lipinski definition) is 4. The Balaban J connectivity index is 1.68. The molecule has 0 saturated heterocycles. The van der Waals surface area contributed by atoms with Crippen LogP contribution in [-0.4, -0.2) is 23.1 Å². The second kappa shape index (κ2) is 7.10. The van der Waals surface area contributed by atoms with Gasteiger partial charge in [0.05, 0.1) is 12.5 Å². The maximum atomic E-state index is 11.9. The van der Waals surface area contributed by atoms with E-state index in [1.165, 1.54) is 11.3 Å². The lowest BCUT2D eigenvalue weighted by molar-refractivity contribution is -0.149. The Hall–Kier alpha value is -1.92. The van der Waals surface area contributed by atoms with Crippen molar-refractivity contribution in [1.29, 1.82) is 0 Å². The van der Waals surface area contributed by atoms with Gasteiger partial charge in [0, 0.05) is 16.6 Å². The molecule has 3 rings (SSSR count). The van der Waals surface area contributed by atoms with E-state index in [9.17, 15) is 9.59 Å². The van der Waals surface area contributed by atoms with Crippen LogP contribution in [0.4, 0.5) is 0 Å². The maximum Gasteiger partial charge on any atom is 0.309 e. The third kappa shape index (κ3) is 4.30. The molecule has 1 saturated carbocycles. The summed E-state index contributed by atoms with van der Waals surface area (Å²) in [6, 6.07) is 7.53. The normalized spacial score (nSPS) is 14.7. The fourth-order valence-corrected chi connectivity index (χ4v) is 2.97. The molecule has 23 heavy (non-hydrogen) atoms. The number of hydrogen-bond donors (Lipinski definition) is 0. The highest BCUT2D eigenvalue weighted by atomic mass is 35.5. The van der Waals surface area contributed by atoms with E-state index < -0.39 is 5.91 Å². The molecule has 0 aliphatic heterocycles. The van der Waals surface area contributed by atoms with E-state index in [0.29, 0.717) is 16.4 Å². The van der Waals surface area contributed by atoms with Gasteiger partial charge in [-0.3, -0.25) is 9.59 Å². The zero-order valence-corrected chi connectivity index (χ0v) is 13.8. The molecular weight excluding hydrogens is 336 g/mol. The standard InChI is InChI=1S/C16H15ClN2O3S/c17-13-4-2-1-3-12(13)9-19-7-8-23-16(19)18-14(20)10-22-15(21)11-5-6-11/h1-4,7-8,11H,5-6,9-10H2. The number of thiazole rings is 1. The quantitative estimate of drug-likeness (QED) is 0.779. The Labute approximate surface area is 142 Å². The lowest BCUT2D eigenvalue weighted by atomic mass is 10.2. The largest absolute Gasteiger partial charge is 0.455 e. The lowest BCUT2D eigenvalue weighted by Gasteiger charge is -2.05. The summed E-state index contributed by atoms with van der Waals surface area (Å²) in [6.07, 6.45) is 3.55. The van der Waals surface area contributed by atoms with Crippen LogP contribution >= 0.6 is 22.9 Å². The first-order valence-electron chi connectivity index (χ1n) is 7.25. The molecule has 1 aromatic carbocycles. The summed E-state index contributed by atoms with van der Waals surface area (Å²) in [5.41, 5.74) is 0.946. The van der Waals surface area contributed by atoms with Crippen LogP contribution in [0.15, 0.2) is 40.8 Å². The van der Waals surface area contributed by atoms with Crippen LogP contribution < -0.4 is 4.80 Å². The fraction of sp³-hybridized carbons (Fsp3) is 0.312. The van der Waals surface area contributed by atoms with Crippen molar-refractivity contribution >= 4 is 34.8 Å². The van der Waals surface area contributed by atoms with Crippen LogP contribution in [0, 0.1) is 5.92 Å². The van der Waals surface area contributed by atoms with Crippen LogP contribution in [0.1, 0.15) is 18.4 Å². The summed E-state index contributed by atoms with van der Waals surface area (Å²) in [4.78, 5) is 27.8. The highest BCUT2D eigenvalue weighted by Crippen LogP contribution is 2.29. The molecule has 1 fully saturated rings. The lowest BCUT2D eigenvalue weighted by Crippen LogP contribution is -2.20. The van der Waals surface area contributed by atoms with Crippen molar-refractivity contribution in [2.75, 3.05) is 6.61 Å². The van der Waals surface area contributed by atoms with Gasteiger partial charge in [-0.25, -0.2) is 0 Å². The van der Waals surface area contributed by atoms with Gasteiger partial charge >= 0.3 is 5.97 Å². The van der Waals surface area contributed by atoms with Crippen LogP contribution in [0.2, 0.25) is 5.02 Å². The summed E-state index contributed by atoms with van der Waals surface area (Å²) in [7, 11) is 0. The monoisotopic (exact) mass is 350 g/mol. The molecule has 0 radical (unpaired) electrons. The number of rotatable bonds is 5. The Kier molecular flexibility index (Phi) is 4.93. The van der Waals surface area contributed by atoms with Gasteiger partial charge in [0.15, 0.2) is 11.4 Å². The first-order valence-corrected chi connectivity index (χ1v) is 8.51. The van der Waals surface area contributed by atoms with E-state index in [0.717, 1.165) is 18.4 Å². The molecule has 1 aliphatic carbocycles. The molecule has 0 bridgehead atoms. The molecule has 0 atom stereocenters. The number of halogens is 1. The molecule has 7 heteroatoms. The first-order chi connectivity index (χ1) is 11.1. The highest BCUT2D eigenvalue weighted by Gasteiger charge is 2.31. The van der Waals surface area contributed by atoms with E-state index in [1.807, 2.05) is 40.4 Å². The van der Waals surface area contributed by atoms with Gasteiger partial charge in [-0.2, -0.15) is 4.99 Å². The van der Waals surface area contributed by atoms with Crippen molar-refractivity contribution < 1.29 is 14.3 Å². The number of amides is 1. The SMILES string of the molecule is O=C(COC(=O)C1CC1)N=c1sccn1Cc1ccccc1Cl. The van der Waals surface area contributed by atoms with E-state index in [2.05, 4.69) is 4.99 Å². The van der Waals surface area contributed by atoms with Crippen molar-refractivity contribution in [3.8, 4) is 0 Å². The third-order valence-corrected chi connectivity index (χ3v) is 4.59. The summed E-state index contributed by atoms with van der Waals surface area (Å²) < 4.78 is 6.79. The molecule has 0 unspecified atom stereocenters. The molecule has 1 aliphatic rings. The number of aromatic nitrogens is 1. The maximum absolute atomic E-state index is 11.9. The van der Waals surface area contributed by atoms with Crippen molar-refractivity contribution in [1.82, 2.24) is 4.57 Å². The molecule has 1 heterocycles. The van der Waals surface area contributed by atoms with Crippen molar-refractivity contribution in [3.63, 3.8) is 0 Å². The molecule has 120 valence electrons. The first kappa shape index (κ1) is 16.0. The van der Waals surface area contributed by atoms with Crippen molar-refractivity contribution in [2.45, 2.75) is 19.4 Å². The predicted octanol–water partition coefficient (Wildman–Crippen LogP) is 2.63. The fourth-order valence-electron chi connectivity index (χ4n) is 2.03. The highest BCUT2D eigenvalue weighted by molar-refractivity contribution is 7.07. The number of benzene rings is 1. The van der Waals surface area contributed by atoms with Gasteiger partial charge in [-0.15, -0.1) is 11.3 Å². The van der Waals surface area contributed by atoms with Gasteiger partial charge < -0.3 is 9.30 Å². The Morgan fingerprint density at radius 2 is 2.13 bits per heavy atom. The number of ether oxygens (including phenoxy) is 1. The summed E-state index contributed by atoms with van der Waals surface area (Å²) in [6.45, 7) is 0.219.